The molecule has 0 saturated heterocycles. The van der Waals surface area contributed by atoms with E-state index in [4.69, 9.17) is 4.42 Å². The second kappa shape index (κ2) is 6.09. The zero-order valence-corrected chi connectivity index (χ0v) is 10.8. The van der Waals surface area contributed by atoms with Crippen molar-refractivity contribution in [3.05, 3.63) is 23.7 Å². The summed E-state index contributed by atoms with van der Waals surface area (Å²) in [5.41, 5.74) is -0.762. The van der Waals surface area contributed by atoms with Gasteiger partial charge in [-0.05, 0) is 31.9 Å². The Balaban J connectivity index is 2.56. The van der Waals surface area contributed by atoms with Gasteiger partial charge in [-0.15, -0.1) is 0 Å². The van der Waals surface area contributed by atoms with E-state index in [-0.39, 0.29) is 0 Å². The molecule has 0 amide bonds. The molecule has 0 aliphatic heterocycles. The second-order valence-corrected chi connectivity index (χ2v) is 4.61. The standard InChI is InChI=1S/C14H24O2/c1-4-6-7-8-11-14(15,5-2)13-10-9-12(3)16-13/h9-10,15H,4-8,11H2,1-3H3. The summed E-state index contributed by atoms with van der Waals surface area (Å²) in [4.78, 5) is 0. The highest BCUT2D eigenvalue weighted by Gasteiger charge is 2.29. The normalized spacial score (nSPS) is 15.0. The van der Waals surface area contributed by atoms with E-state index in [1.165, 1.54) is 19.3 Å². The fourth-order valence-electron chi connectivity index (χ4n) is 2.00. The number of hydrogen-bond donors (Lipinski definition) is 1. The van der Waals surface area contributed by atoms with Crippen LogP contribution in [0.2, 0.25) is 0 Å². The molecule has 1 unspecified atom stereocenters. The molecule has 1 heterocycles. The zero-order valence-electron chi connectivity index (χ0n) is 10.8. The van der Waals surface area contributed by atoms with Crippen LogP contribution in [0.5, 0.6) is 0 Å². The van der Waals surface area contributed by atoms with E-state index in [0.717, 1.165) is 24.4 Å². The summed E-state index contributed by atoms with van der Waals surface area (Å²) < 4.78 is 5.55. The van der Waals surface area contributed by atoms with Crippen molar-refractivity contribution in [1.82, 2.24) is 0 Å². The highest BCUT2D eigenvalue weighted by molar-refractivity contribution is 5.13. The summed E-state index contributed by atoms with van der Waals surface area (Å²) in [7, 11) is 0. The van der Waals surface area contributed by atoms with E-state index in [1.807, 2.05) is 26.0 Å². The molecule has 0 radical (unpaired) electrons. The van der Waals surface area contributed by atoms with Crippen molar-refractivity contribution in [3.8, 4) is 0 Å². The van der Waals surface area contributed by atoms with Crippen LogP contribution < -0.4 is 0 Å². The van der Waals surface area contributed by atoms with Gasteiger partial charge in [-0.3, -0.25) is 0 Å². The maximum absolute atomic E-state index is 10.5. The summed E-state index contributed by atoms with van der Waals surface area (Å²) in [6.45, 7) is 6.12. The Morgan fingerprint density at radius 1 is 1.19 bits per heavy atom. The molecule has 0 spiro atoms. The lowest BCUT2D eigenvalue weighted by Crippen LogP contribution is -2.23. The molecule has 1 N–H and O–H groups in total. The molecule has 0 saturated carbocycles. The molecule has 16 heavy (non-hydrogen) atoms. The molecule has 0 aliphatic rings. The third kappa shape index (κ3) is 3.38. The predicted molar refractivity (Wildman–Crippen MR) is 66.4 cm³/mol. The van der Waals surface area contributed by atoms with Crippen molar-refractivity contribution in [2.24, 2.45) is 0 Å². The molecule has 92 valence electrons. The summed E-state index contributed by atoms with van der Waals surface area (Å²) in [6.07, 6.45) is 6.25. The third-order valence-corrected chi connectivity index (χ3v) is 3.23. The van der Waals surface area contributed by atoms with Gasteiger partial charge >= 0.3 is 0 Å². The van der Waals surface area contributed by atoms with Gasteiger partial charge in [0.15, 0.2) is 0 Å². The van der Waals surface area contributed by atoms with Crippen molar-refractivity contribution in [3.63, 3.8) is 0 Å². The topological polar surface area (TPSA) is 33.4 Å². The van der Waals surface area contributed by atoms with Gasteiger partial charge in [0.1, 0.15) is 17.1 Å². The van der Waals surface area contributed by atoms with Crippen LogP contribution in [0.15, 0.2) is 16.5 Å². The summed E-state index contributed by atoms with van der Waals surface area (Å²) in [5, 5.41) is 10.5. The molecule has 0 fully saturated rings. The summed E-state index contributed by atoms with van der Waals surface area (Å²) in [5.74, 6) is 1.60. The Labute approximate surface area is 98.7 Å². The van der Waals surface area contributed by atoms with E-state index < -0.39 is 5.60 Å². The number of hydrogen-bond acceptors (Lipinski definition) is 2. The second-order valence-electron chi connectivity index (χ2n) is 4.61. The first-order valence-electron chi connectivity index (χ1n) is 6.41. The zero-order chi connectivity index (χ0) is 12.0. The van der Waals surface area contributed by atoms with Crippen LogP contribution >= 0.6 is 0 Å². The molecule has 1 rings (SSSR count). The molecule has 0 aliphatic carbocycles. The minimum Gasteiger partial charge on any atom is -0.463 e. The van der Waals surface area contributed by atoms with Crippen molar-refractivity contribution >= 4 is 0 Å². The predicted octanol–water partition coefficient (Wildman–Crippen LogP) is 4.16. The first-order chi connectivity index (χ1) is 7.62. The van der Waals surface area contributed by atoms with Gasteiger partial charge in [-0.25, -0.2) is 0 Å². The van der Waals surface area contributed by atoms with Crippen LogP contribution in [-0.2, 0) is 5.60 Å². The van der Waals surface area contributed by atoms with Crippen LogP contribution in [0, 0.1) is 6.92 Å². The van der Waals surface area contributed by atoms with Crippen LogP contribution in [0.4, 0.5) is 0 Å². The van der Waals surface area contributed by atoms with E-state index in [9.17, 15) is 5.11 Å². The van der Waals surface area contributed by atoms with E-state index in [0.29, 0.717) is 6.42 Å². The highest BCUT2D eigenvalue weighted by atomic mass is 16.4. The average molecular weight is 224 g/mol. The SMILES string of the molecule is CCCCCCC(O)(CC)c1ccc(C)o1. The van der Waals surface area contributed by atoms with Crippen LogP contribution in [-0.4, -0.2) is 5.11 Å². The van der Waals surface area contributed by atoms with Crippen molar-refractivity contribution in [2.75, 3.05) is 0 Å². The molecule has 1 atom stereocenters. The van der Waals surface area contributed by atoms with Gasteiger partial charge < -0.3 is 9.52 Å². The summed E-state index contributed by atoms with van der Waals surface area (Å²) >= 11 is 0. The fourth-order valence-corrected chi connectivity index (χ4v) is 2.00. The van der Waals surface area contributed by atoms with Crippen LogP contribution in [0.1, 0.15) is 63.9 Å². The molecular formula is C14H24O2. The highest BCUT2D eigenvalue weighted by Crippen LogP contribution is 2.32. The van der Waals surface area contributed by atoms with Gasteiger partial charge in [0, 0.05) is 0 Å². The Morgan fingerprint density at radius 2 is 1.94 bits per heavy atom. The first-order valence-corrected chi connectivity index (χ1v) is 6.41. The number of aliphatic hydroxyl groups is 1. The van der Waals surface area contributed by atoms with E-state index >= 15 is 0 Å². The monoisotopic (exact) mass is 224 g/mol. The minimum absolute atomic E-state index is 0.714. The average Bonchev–Trinajstić information content (AvgIpc) is 2.71. The van der Waals surface area contributed by atoms with Crippen LogP contribution in [0.3, 0.4) is 0 Å². The fraction of sp³-hybridized carbons (Fsp3) is 0.714. The minimum atomic E-state index is -0.762. The quantitative estimate of drug-likeness (QED) is 0.706. The smallest absolute Gasteiger partial charge is 0.135 e. The lowest BCUT2D eigenvalue weighted by atomic mass is 9.91. The van der Waals surface area contributed by atoms with Gasteiger partial charge in [0.05, 0.1) is 0 Å². The molecule has 1 aromatic rings. The van der Waals surface area contributed by atoms with Crippen LogP contribution in [0.25, 0.3) is 0 Å². The van der Waals surface area contributed by atoms with Gasteiger partial charge in [-0.2, -0.15) is 0 Å². The largest absolute Gasteiger partial charge is 0.463 e. The van der Waals surface area contributed by atoms with Gasteiger partial charge in [-0.1, -0.05) is 39.5 Å². The van der Waals surface area contributed by atoms with Crippen molar-refractivity contribution in [1.29, 1.82) is 0 Å². The Morgan fingerprint density at radius 3 is 2.44 bits per heavy atom. The van der Waals surface area contributed by atoms with E-state index in [1.54, 1.807) is 0 Å². The first kappa shape index (κ1) is 13.3. The lowest BCUT2D eigenvalue weighted by Gasteiger charge is -2.24. The van der Waals surface area contributed by atoms with Crippen molar-refractivity contribution in [2.45, 2.75) is 64.9 Å². The number of rotatable bonds is 7. The molecule has 0 aromatic carbocycles. The number of unbranched alkanes of at least 4 members (excludes halogenated alkanes) is 3. The number of furan rings is 1. The molecule has 1 aromatic heterocycles. The Kier molecular flexibility index (Phi) is 5.07. The van der Waals surface area contributed by atoms with E-state index in [2.05, 4.69) is 6.92 Å². The molecular weight excluding hydrogens is 200 g/mol. The molecule has 2 heteroatoms. The molecule has 2 nitrogen and oxygen atoms in total. The maximum atomic E-state index is 10.5. The third-order valence-electron chi connectivity index (χ3n) is 3.23. The Hall–Kier alpha value is -0.760. The Bertz CT molecular complexity index is 303. The van der Waals surface area contributed by atoms with Crippen molar-refractivity contribution < 1.29 is 9.52 Å². The summed E-state index contributed by atoms with van der Waals surface area (Å²) in [6, 6.07) is 3.82. The maximum Gasteiger partial charge on any atom is 0.135 e. The van der Waals surface area contributed by atoms with Gasteiger partial charge in [0.25, 0.3) is 0 Å². The van der Waals surface area contributed by atoms with Gasteiger partial charge in [0.2, 0.25) is 0 Å². The molecule has 0 bridgehead atoms. The number of aryl methyl sites for hydroxylation is 1. The lowest BCUT2D eigenvalue weighted by molar-refractivity contribution is -0.000769.